The Balaban J connectivity index is 1.61. The Kier molecular flexibility index (Phi) is 5.29. The molecule has 0 atom stereocenters. The number of carbonyl (C=O) groups excluding carboxylic acids is 1. The molecule has 3 aromatic carbocycles. The Bertz CT molecular complexity index is 1130. The molecule has 1 N–H and O–H groups in total. The first-order chi connectivity index (χ1) is 14.2. The van der Waals surface area contributed by atoms with E-state index in [2.05, 4.69) is 10.5 Å². The Morgan fingerprint density at radius 2 is 1.59 bits per heavy atom. The Labute approximate surface area is 169 Å². The van der Waals surface area contributed by atoms with E-state index < -0.39 is 0 Å². The van der Waals surface area contributed by atoms with E-state index in [-0.39, 0.29) is 5.91 Å². The van der Waals surface area contributed by atoms with Crippen molar-refractivity contribution in [1.29, 1.82) is 0 Å². The molecule has 4 rings (SSSR count). The van der Waals surface area contributed by atoms with Crippen molar-refractivity contribution in [1.82, 2.24) is 15.2 Å². The number of hydrogen-bond donors (Lipinski definition) is 1. The number of para-hydroxylation sites is 1. The quantitative estimate of drug-likeness (QED) is 0.406. The number of aryl methyl sites for hydroxylation is 1. The molecule has 1 aromatic heterocycles. The fourth-order valence-electron chi connectivity index (χ4n) is 2.95. The third kappa shape index (κ3) is 4.30. The van der Waals surface area contributed by atoms with Gasteiger partial charge in [0.05, 0.1) is 11.9 Å². The summed E-state index contributed by atoms with van der Waals surface area (Å²) in [5, 5.41) is 8.88. The summed E-state index contributed by atoms with van der Waals surface area (Å²) in [6, 6.07) is 27.1. The van der Waals surface area contributed by atoms with Gasteiger partial charge in [0.2, 0.25) is 0 Å². The zero-order valence-corrected chi connectivity index (χ0v) is 16.0. The molecule has 5 nitrogen and oxygen atoms in total. The van der Waals surface area contributed by atoms with Crippen LogP contribution in [0.4, 0.5) is 0 Å². The molecular formula is C24H20N4O. The summed E-state index contributed by atoms with van der Waals surface area (Å²) in [7, 11) is 0. The van der Waals surface area contributed by atoms with E-state index >= 15 is 0 Å². The first kappa shape index (κ1) is 18.4. The maximum Gasteiger partial charge on any atom is 0.271 e. The first-order valence-corrected chi connectivity index (χ1v) is 9.31. The van der Waals surface area contributed by atoms with Gasteiger partial charge in [0, 0.05) is 22.9 Å². The average molecular weight is 380 g/mol. The molecule has 0 bridgehead atoms. The fraction of sp³-hybridized carbons (Fsp3) is 0.0417. The van der Waals surface area contributed by atoms with Crippen molar-refractivity contribution in [2.45, 2.75) is 6.92 Å². The molecule has 0 fully saturated rings. The van der Waals surface area contributed by atoms with Gasteiger partial charge in [-0.15, -0.1) is 0 Å². The molecule has 0 aliphatic rings. The van der Waals surface area contributed by atoms with Gasteiger partial charge in [0.15, 0.2) is 0 Å². The van der Waals surface area contributed by atoms with E-state index in [0.29, 0.717) is 5.56 Å². The number of rotatable bonds is 5. The highest BCUT2D eigenvalue weighted by atomic mass is 16.2. The minimum absolute atomic E-state index is 0.252. The summed E-state index contributed by atoms with van der Waals surface area (Å²) in [5.74, 6) is -0.252. The van der Waals surface area contributed by atoms with Crippen LogP contribution in [-0.4, -0.2) is 21.9 Å². The van der Waals surface area contributed by atoms with Crippen molar-refractivity contribution < 1.29 is 4.79 Å². The van der Waals surface area contributed by atoms with Crippen molar-refractivity contribution in [3.8, 4) is 16.9 Å². The summed E-state index contributed by atoms with van der Waals surface area (Å²) in [6.45, 7) is 1.98. The zero-order chi connectivity index (χ0) is 20.1. The number of hydrogen-bond acceptors (Lipinski definition) is 3. The number of nitrogens with zero attached hydrogens (tertiary/aromatic N) is 3. The topological polar surface area (TPSA) is 59.3 Å². The van der Waals surface area contributed by atoms with Gasteiger partial charge in [-0.25, -0.2) is 10.1 Å². The minimum atomic E-state index is -0.252. The summed E-state index contributed by atoms with van der Waals surface area (Å²) in [4.78, 5) is 12.3. The van der Waals surface area contributed by atoms with Gasteiger partial charge in [-0.2, -0.15) is 10.2 Å². The number of carbonyl (C=O) groups is 1. The monoisotopic (exact) mass is 380 g/mol. The predicted molar refractivity (Wildman–Crippen MR) is 115 cm³/mol. The van der Waals surface area contributed by atoms with Gasteiger partial charge in [-0.3, -0.25) is 4.79 Å². The maximum atomic E-state index is 12.3. The van der Waals surface area contributed by atoms with Crippen LogP contribution in [0.25, 0.3) is 16.9 Å². The van der Waals surface area contributed by atoms with Crippen LogP contribution in [0.15, 0.2) is 96.2 Å². The molecule has 0 radical (unpaired) electrons. The van der Waals surface area contributed by atoms with Crippen molar-refractivity contribution in [3.63, 3.8) is 0 Å². The van der Waals surface area contributed by atoms with Crippen molar-refractivity contribution in [2.24, 2.45) is 5.10 Å². The second-order valence-corrected chi connectivity index (χ2v) is 6.64. The van der Waals surface area contributed by atoms with E-state index in [1.807, 2.05) is 90.6 Å². The van der Waals surface area contributed by atoms with Crippen LogP contribution in [0.1, 0.15) is 21.5 Å². The van der Waals surface area contributed by atoms with Gasteiger partial charge in [0.25, 0.3) is 5.91 Å². The minimum Gasteiger partial charge on any atom is -0.267 e. The summed E-state index contributed by atoms with van der Waals surface area (Å²) >= 11 is 0. The molecule has 0 aliphatic heterocycles. The molecule has 0 aliphatic carbocycles. The van der Waals surface area contributed by atoms with Gasteiger partial charge in [-0.05, 0) is 31.2 Å². The Morgan fingerprint density at radius 1 is 0.931 bits per heavy atom. The highest BCUT2D eigenvalue weighted by Gasteiger charge is 2.11. The lowest BCUT2D eigenvalue weighted by Gasteiger charge is -2.01. The number of benzene rings is 3. The number of aromatic nitrogens is 2. The SMILES string of the molecule is Cc1ccc(C(=O)NN=Cc2cn(-c3ccccc3)nc2-c2ccccc2)cc1. The normalized spacial score (nSPS) is 10.9. The number of hydrazone groups is 1. The smallest absolute Gasteiger partial charge is 0.267 e. The summed E-state index contributed by atoms with van der Waals surface area (Å²) < 4.78 is 1.81. The largest absolute Gasteiger partial charge is 0.271 e. The Morgan fingerprint density at radius 3 is 2.28 bits per heavy atom. The molecule has 142 valence electrons. The van der Waals surface area contributed by atoms with Crippen LogP contribution >= 0.6 is 0 Å². The summed E-state index contributed by atoms with van der Waals surface area (Å²) in [5.41, 5.74) is 7.79. The predicted octanol–water partition coefficient (Wildman–Crippen LogP) is 4.61. The van der Waals surface area contributed by atoms with Crippen molar-refractivity contribution >= 4 is 12.1 Å². The van der Waals surface area contributed by atoms with Crippen LogP contribution in [0.5, 0.6) is 0 Å². The van der Waals surface area contributed by atoms with E-state index in [4.69, 9.17) is 5.10 Å². The maximum absolute atomic E-state index is 12.3. The third-order valence-corrected chi connectivity index (χ3v) is 4.49. The van der Waals surface area contributed by atoms with Crippen molar-refractivity contribution in [3.05, 3.63) is 108 Å². The van der Waals surface area contributed by atoms with Crippen LogP contribution < -0.4 is 5.43 Å². The third-order valence-electron chi connectivity index (χ3n) is 4.49. The van der Waals surface area contributed by atoms with Crippen LogP contribution in [0, 0.1) is 6.92 Å². The molecule has 0 saturated heterocycles. The average Bonchev–Trinajstić information content (AvgIpc) is 3.19. The molecule has 0 saturated carbocycles. The van der Waals surface area contributed by atoms with Crippen LogP contribution in [0.2, 0.25) is 0 Å². The molecule has 0 spiro atoms. The lowest BCUT2D eigenvalue weighted by molar-refractivity contribution is 0.0955. The van der Waals surface area contributed by atoms with Gasteiger partial charge in [0.1, 0.15) is 5.69 Å². The highest BCUT2D eigenvalue weighted by Crippen LogP contribution is 2.22. The van der Waals surface area contributed by atoms with Crippen LogP contribution in [0.3, 0.4) is 0 Å². The molecule has 29 heavy (non-hydrogen) atoms. The number of amides is 1. The lowest BCUT2D eigenvalue weighted by Crippen LogP contribution is -2.17. The zero-order valence-electron chi connectivity index (χ0n) is 16.0. The highest BCUT2D eigenvalue weighted by molar-refractivity contribution is 5.95. The molecule has 1 amide bonds. The number of nitrogens with one attached hydrogen (secondary N) is 1. The van der Waals surface area contributed by atoms with E-state index in [1.54, 1.807) is 18.3 Å². The lowest BCUT2D eigenvalue weighted by atomic mass is 10.1. The second kappa shape index (κ2) is 8.35. The molecule has 4 aromatic rings. The van der Waals surface area contributed by atoms with Gasteiger partial charge in [-0.1, -0.05) is 66.2 Å². The molecular weight excluding hydrogens is 360 g/mol. The Hall–Kier alpha value is -3.99. The summed E-state index contributed by atoms with van der Waals surface area (Å²) in [6.07, 6.45) is 3.53. The van der Waals surface area contributed by atoms with Gasteiger partial charge < -0.3 is 0 Å². The first-order valence-electron chi connectivity index (χ1n) is 9.31. The molecule has 0 unspecified atom stereocenters. The van der Waals surface area contributed by atoms with E-state index in [1.165, 1.54) is 0 Å². The van der Waals surface area contributed by atoms with E-state index in [0.717, 1.165) is 28.1 Å². The molecule has 5 heteroatoms. The standard InChI is InChI=1S/C24H20N4O/c1-18-12-14-20(15-13-18)24(29)26-25-16-21-17-28(22-10-6-3-7-11-22)27-23(21)19-8-4-2-5-9-19/h2-17H,1H3,(H,26,29). The van der Waals surface area contributed by atoms with Crippen LogP contribution in [-0.2, 0) is 0 Å². The van der Waals surface area contributed by atoms with E-state index in [9.17, 15) is 4.79 Å². The van der Waals surface area contributed by atoms with Gasteiger partial charge >= 0.3 is 0 Å². The fourth-order valence-corrected chi connectivity index (χ4v) is 2.95. The van der Waals surface area contributed by atoms with Crippen molar-refractivity contribution in [2.75, 3.05) is 0 Å². The molecule has 1 heterocycles. The second-order valence-electron chi connectivity index (χ2n) is 6.64.